The second-order valence-corrected chi connectivity index (χ2v) is 5.87. The SMILES string of the molecule is CCN1C(=O)C(I)C[C-]=C1c1ccc(OCC#N)cc1F.[Y]. The zero-order valence-corrected chi connectivity index (χ0v) is 17.0. The van der Waals surface area contributed by atoms with Crippen LogP contribution in [0.15, 0.2) is 18.2 Å². The third kappa shape index (κ3) is 4.27. The normalized spacial score (nSPS) is 17.4. The van der Waals surface area contributed by atoms with Crippen molar-refractivity contribution in [3.63, 3.8) is 0 Å². The van der Waals surface area contributed by atoms with Gasteiger partial charge in [-0.3, -0.25) is 4.79 Å². The van der Waals surface area contributed by atoms with Gasteiger partial charge in [0, 0.05) is 39.3 Å². The first-order valence-electron chi connectivity index (χ1n) is 6.44. The summed E-state index contributed by atoms with van der Waals surface area (Å²) in [6.07, 6.45) is 3.57. The Labute approximate surface area is 167 Å². The van der Waals surface area contributed by atoms with Gasteiger partial charge in [-0.25, -0.2) is 10.5 Å². The molecule has 0 saturated carbocycles. The molecule has 1 atom stereocenters. The predicted octanol–water partition coefficient (Wildman–Crippen LogP) is 2.93. The molecule has 0 fully saturated rings. The molecule has 1 amide bonds. The van der Waals surface area contributed by atoms with Crippen LogP contribution in [0.4, 0.5) is 4.39 Å². The summed E-state index contributed by atoms with van der Waals surface area (Å²) >= 11 is 2.07. The Morgan fingerprint density at radius 1 is 1.59 bits per heavy atom. The maximum Gasteiger partial charge on any atom is 0.235 e. The second-order valence-electron chi connectivity index (χ2n) is 4.37. The Bertz CT molecular complexity index is 630. The summed E-state index contributed by atoms with van der Waals surface area (Å²) in [6.45, 7) is 2.17. The fraction of sp³-hybridized carbons (Fsp3) is 0.333. The molecule has 0 aliphatic carbocycles. The summed E-state index contributed by atoms with van der Waals surface area (Å²) in [5.74, 6) is -0.238. The summed E-state index contributed by atoms with van der Waals surface area (Å²) in [6, 6.07) is 6.17. The van der Waals surface area contributed by atoms with E-state index in [4.69, 9.17) is 10.00 Å². The first kappa shape index (κ1) is 19.5. The maximum absolute atomic E-state index is 14.2. The van der Waals surface area contributed by atoms with E-state index in [0.717, 1.165) is 0 Å². The van der Waals surface area contributed by atoms with Gasteiger partial charge in [0.15, 0.2) is 6.61 Å². The average molecular weight is 488 g/mol. The summed E-state index contributed by atoms with van der Waals surface area (Å²) in [5, 5.41) is 8.45. The second kappa shape index (κ2) is 8.95. The Kier molecular flexibility index (Phi) is 7.94. The van der Waals surface area contributed by atoms with Crippen LogP contribution in [0.5, 0.6) is 5.75 Å². The van der Waals surface area contributed by atoms with E-state index < -0.39 is 5.82 Å². The standard InChI is InChI=1S/C15H13FIN2O2.Y/c1-2-19-14(6-5-13(17)15(19)20)11-4-3-10(9-12(11)16)21-8-7-18;/h3-4,9,13H,2,5,8H2,1H3;/q-1;. The Balaban J connectivity index is 0.00000242. The van der Waals surface area contributed by atoms with E-state index in [0.29, 0.717) is 24.2 Å². The van der Waals surface area contributed by atoms with E-state index in [1.54, 1.807) is 12.1 Å². The van der Waals surface area contributed by atoms with Gasteiger partial charge in [-0.05, 0) is 19.1 Å². The third-order valence-electron chi connectivity index (χ3n) is 3.07. The molecule has 1 unspecified atom stereocenters. The molecule has 1 aliphatic heterocycles. The van der Waals surface area contributed by atoms with Gasteiger partial charge in [0.25, 0.3) is 0 Å². The van der Waals surface area contributed by atoms with Crippen molar-refractivity contribution < 1.29 is 46.6 Å². The van der Waals surface area contributed by atoms with Crippen LogP contribution >= 0.6 is 22.6 Å². The molecular weight excluding hydrogens is 475 g/mol. The molecule has 113 valence electrons. The summed E-state index contributed by atoms with van der Waals surface area (Å²) in [7, 11) is 0. The minimum absolute atomic E-state index is 0. The molecule has 1 radical (unpaired) electrons. The van der Waals surface area contributed by atoms with E-state index in [2.05, 4.69) is 28.7 Å². The fourth-order valence-electron chi connectivity index (χ4n) is 2.10. The minimum Gasteiger partial charge on any atom is -0.479 e. The Hall–Kier alpha value is -0.516. The molecule has 0 aromatic heterocycles. The van der Waals surface area contributed by atoms with Gasteiger partial charge in [0.05, 0.1) is 9.74 Å². The molecule has 0 N–H and O–H groups in total. The topological polar surface area (TPSA) is 53.3 Å². The van der Waals surface area contributed by atoms with E-state index in [1.807, 2.05) is 13.0 Å². The van der Waals surface area contributed by atoms with Gasteiger partial charge in [-0.2, -0.15) is 5.26 Å². The van der Waals surface area contributed by atoms with Gasteiger partial charge < -0.3 is 9.64 Å². The van der Waals surface area contributed by atoms with Crippen LogP contribution in [0.2, 0.25) is 0 Å². The quantitative estimate of drug-likeness (QED) is 0.373. The van der Waals surface area contributed by atoms with Crippen LogP contribution in [0, 0.1) is 23.2 Å². The summed E-state index contributed by atoms with van der Waals surface area (Å²) in [5.41, 5.74) is 0.789. The van der Waals surface area contributed by atoms with Crippen molar-refractivity contribution in [2.45, 2.75) is 17.3 Å². The number of rotatable bonds is 4. The van der Waals surface area contributed by atoms with Gasteiger partial charge in [0.2, 0.25) is 5.91 Å². The molecule has 1 aromatic carbocycles. The number of amides is 1. The number of ether oxygens (including phenoxy) is 1. The van der Waals surface area contributed by atoms with E-state index in [1.165, 1.54) is 11.0 Å². The van der Waals surface area contributed by atoms with Crippen molar-refractivity contribution in [3.8, 4) is 11.8 Å². The number of hydrogen-bond donors (Lipinski definition) is 0. The largest absolute Gasteiger partial charge is 0.479 e. The van der Waals surface area contributed by atoms with Gasteiger partial charge in [-0.1, -0.05) is 29.0 Å². The number of carbonyl (C=O) groups is 1. The average Bonchev–Trinajstić information content (AvgIpc) is 2.48. The smallest absolute Gasteiger partial charge is 0.235 e. The predicted molar refractivity (Wildman–Crippen MR) is 84.0 cm³/mol. The number of benzene rings is 1. The number of hydrogen-bond acceptors (Lipinski definition) is 3. The zero-order valence-electron chi connectivity index (χ0n) is 12.0. The third-order valence-corrected chi connectivity index (χ3v) is 4.04. The summed E-state index contributed by atoms with van der Waals surface area (Å²) < 4.78 is 19.1. The number of allylic oxidation sites excluding steroid dienone is 1. The molecule has 7 heteroatoms. The maximum atomic E-state index is 14.2. The molecular formula is C15H13FIN2O2Y-. The molecule has 0 bridgehead atoms. The van der Waals surface area contributed by atoms with Crippen molar-refractivity contribution in [1.29, 1.82) is 5.26 Å². The molecule has 2 rings (SSSR count). The van der Waals surface area contributed by atoms with Gasteiger partial charge >= 0.3 is 0 Å². The molecule has 22 heavy (non-hydrogen) atoms. The van der Waals surface area contributed by atoms with E-state index >= 15 is 0 Å². The number of nitrogens with zero attached hydrogens (tertiary/aromatic N) is 2. The monoisotopic (exact) mass is 488 g/mol. The van der Waals surface area contributed by atoms with Crippen molar-refractivity contribution >= 4 is 34.2 Å². The van der Waals surface area contributed by atoms with Gasteiger partial charge in [0.1, 0.15) is 11.8 Å². The number of halogens is 2. The Morgan fingerprint density at radius 2 is 2.32 bits per heavy atom. The van der Waals surface area contributed by atoms with Crippen molar-refractivity contribution in [2.75, 3.05) is 13.2 Å². The van der Waals surface area contributed by atoms with Crippen LogP contribution in [-0.4, -0.2) is 27.9 Å². The Morgan fingerprint density at radius 3 is 2.91 bits per heavy atom. The molecule has 1 aliphatic rings. The number of carbonyl (C=O) groups excluding carboxylic acids is 1. The van der Waals surface area contributed by atoms with E-state index in [-0.39, 0.29) is 54.9 Å². The summed E-state index contributed by atoms with van der Waals surface area (Å²) in [4.78, 5) is 13.7. The first-order chi connectivity index (χ1) is 10.1. The molecule has 1 aromatic rings. The number of nitriles is 1. The van der Waals surface area contributed by atoms with Gasteiger partial charge in [-0.15, -0.1) is 17.3 Å². The molecule has 0 spiro atoms. The van der Waals surface area contributed by atoms with Crippen LogP contribution in [-0.2, 0) is 37.5 Å². The zero-order chi connectivity index (χ0) is 15.4. The van der Waals surface area contributed by atoms with Crippen LogP contribution < -0.4 is 4.74 Å². The van der Waals surface area contributed by atoms with Crippen molar-refractivity contribution in [2.24, 2.45) is 0 Å². The molecule has 4 nitrogen and oxygen atoms in total. The number of alkyl halides is 1. The first-order valence-corrected chi connectivity index (χ1v) is 7.69. The van der Waals surface area contributed by atoms with Crippen LogP contribution in [0.3, 0.4) is 0 Å². The van der Waals surface area contributed by atoms with Crippen LogP contribution in [0.1, 0.15) is 18.9 Å². The molecule has 0 saturated heterocycles. The van der Waals surface area contributed by atoms with Crippen molar-refractivity contribution in [3.05, 3.63) is 35.7 Å². The fourth-order valence-corrected chi connectivity index (χ4v) is 2.65. The van der Waals surface area contributed by atoms with Crippen LogP contribution in [0.25, 0.3) is 5.70 Å². The van der Waals surface area contributed by atoms with E-state index in [9.17, 15) is 9.18 Å². The van der Waals surface area contributed by atoms with Crippen molar-refractivity contribution in [1.82, 2.24) is 4.90 Å². The molecule has 1 heterocycles. The minimum atomic E-state index is -0.494.